The van der Waals surface area contributed by atoms with Crippen LogP contribution in [0.5, 0.6) is 11.8 Å². The lowest BCUT2D eigenvalue weighted by Gasteiger charge is -2.56. The number of carbonyl (C=O) groups is 4. The van der Waals surface area contributed by atoms with Crippen LogP contribution < -0.4 is 25.8 Å². The minimum absolute atomic E-state index is 0.0277. The summed E-state index contributed by atoms with van der Waals surface area (Å²) >= 11 is 0. The van der Waals surface area contributed by atoms with Gasteiger partial charge in [-0.15, -0.1) is 6.42 Å². The van der Waals surface area contributed by atoms with Gasteiger partial charge >= 0.3 is 18.1 Å². The molecule has 7 aliphatic heterocycles. The Labute approximate surface area is 501 Å². The number of esters is 1. The van der Waals surface area contributed by atoms with E-state index in [1.165, 1.54) is 36.5 Å². The average molecular weight is 1200 g/mol. The number of piperazine rings is 1. The van der Waals surface area contributed by atoms with Crippen molar-refractivity contribution in [3.63, 3.8) is 0 Å². The molecule has 2 bridgehead atoms. The van der Waals surface area contributed by atoms with E-state index < -0.39 is 65.7 Å². The predicted octanol–water partition coefficient (Wildman–Crippen LogP) is 8.16. The van der Waals surface area contributed by atoms with E-state index >= 15 is 13.2 Å². The number of anilines is 1. The van der Waals surface area contributed by atoms with E-state index in [9.17, 15) is 33.5 Å². The zero-order chi connectivity index (χ0) is 61.2. The number of piperidine rings is 1. The van der Waals surface area contributed by atoms with Gasteiger partial charge in [-0.3, -0.25) is 29.1 Å². The van der Waals surface area contributed by atoms with Crippen molar-refractivity contribution in [2.45, 2.75) is 121 Å². The first-order valence-corrected chi connectivity index (χ1v) is 29.8. The number of nitrogens with one attached hydrogen (secondary N) is 2. The van der Waals surface area contributed by atoms with Gasteiger partial charge in [0.15, 0.2) is 5.82 Å². The minimum Gasteiger partial charge on any atom is -0.508 e. The Balaban J connectivity index is 0.622. The van der Waals surface area contributed by atoms with Gasteiger partial charge in [0.2, 0.25) is 5.91 Å². The van der Waals surface area contributed by atoms with Gasteiger partial charge < -0.3 is 44.3 Å². The summed E-state index contributed by atoms with van der Waals surface area (Å²) < 4.78 is 81.5. The molecule has 19 nitrogen and oxygen atoms in total. The Morgan fingerprint density at radius 3 is 2.61 bits per heavy atom. The lowest BCUT2D eigenvalue weighted by atomic mass is 9.81. The van der Waals surface area contributed by atoms with Gasteiger partial charge in [0.1, 0.15) is 60.4 Å². The van der Waals surface area contributed by atoms with Crippen LogP contribution in [0.2, 0.25) is 0 Å². The number of rotatable bonds is 14. The fourth-order valence-corrected chi connectivity index (χ4v) is 14.9. The first-order valence-electron chi connectivity index (χ1n) is 29.8. The maximum Gasteiger partial charge on any atom is 0.407 e. The highest BCUT2D eigenvalue weighted by Crippen LogP contribution is 2.47. The van der Waals surface area contributed by atoms with Gasteiger partial charge in [-0.25, -0.2) is 27.3 Å². The van der Waals surface area contributed by atoms with Crippen LogP contribution in [-0.4, -0.2) is 133 Å². The SMILES string of the molecule is C#Cc1c(F)ccc2cc(O)cc(-c3ncc4c(N5CC6CC(C5)N6C(=O)C(=C)COC(=O)NCCCC(=O)NC5CCc6c(C)c(F)cc7nc8c(c5c67)Cn5c-8cc6c(c5=O)COC(=O)C6CC)nc(OC[C@@]56CCCN5CC(F)C6)nc4c3F)c12. The Morgan fingerprint density at radius 1 is 1.00 bits per heavy atom. The number of amides is 3. The van der Waals surface area contributed by atoms with E-state index in [1.54, 1.807) is 16.4 Å². The number of hydrogen-bond acceptors (Lipinski definition) is 15. The number of alkyl carbamates (subject to hydrolysis) is 1. The van der Waals surface area contributed by atoms with Gasteiger partial charge in [-0.05, 0) is 110 Å². The highest BCUT2D eigenvalue weighted by atomic mass is 19.1. The van der Waals surface area contributed by atoms with Crippen LogP contribution in [0, 0.1) is 36.7 Å². The summed E-state index contributed by atoms with van der Waals surface area (Å²) in [6, 6.07) is 7.11. The number of cyclic esters (lactones) is 1. The number of terminal acetylenes is 1. The van der Waals surface area contributed by atoms with Gasteiger partial charge in [-0.1, -0.05) is 25.5 Å². The summed E-state index contributed by atoms with van der Waals surface area (Å²) in [7, 11) is 0. The van der Waals surface area contributed by atoms with Gasteiger partial charge in [0.25, 0.3) is 11.5 Å². The summed E-state index contributed by atoms with van der Waals surface area (Å²) in [6.45, 7) is 8.77. The topological polar surface area (TPSA) is 224 Å². The Kier molecular flexibility index (Phi) is 13.9. The number of aryl methyl sites for hydroxylation is 1. The lowest BCUT2D eigenvalue weighted by Crippen LogP contribution is -2.70. The van der Waals surface area contributed by atoms with Gasteiger partial charge in [-0.2, -0.15) is 9.97 Å². The largest absolute Gasteiger partial charge is 0.508 e. The normalized spacial score (nSPS) is 22.1. The van der Waals surface area contributed by atoms with E-state index in [0.29, 0.717) is 77.6 Å². The third kappa shape index (κ3) is 9.23. The Bertz CT molecular complexity index is 4330. The molecule has 8 aliphatic rings. The maximum absolute atomic E-state index is 17.3. The molecule has 88 heavy (non-hydrogen) atoms. The van der Waals surface area contributed by atoms with Crippen LogP contribution in [0.15, 0.2) is 59.5 Å². The number of fused-ring (bicyclic) bond motifs is 10. The molecule has 0 spiro atoms. The Hall–Kier alpha value is -9.17. The summed E-state index contributed by atoms with van der Waals surface area (Å²) in [4.78, 5) is 91.9. The van der Waals surface area contributed by atoms with Gasteiger partial charge in [0.05, 0.1) is 69.5 Å². The third-order valence-corrected chi connectivity index (χ3v) is 19.1. The van der Waals surface area contributed by atoms with Crippen molar-refractivity contribution >= 4 is 62.3 Å². The molecule has 5 unspecified atom stereocenters. The predicted molar refractivity (Wildman–Crippen MR) is 315 cm³/mol. The molecule has 15 rings (SSSR count). The molecule has 11 heterocycles. The van der Waals surface area contributed by atoms with Crippen LogP contribution in [0.4, 0.5) is 28.2 Å². The van der Waals surface area contributed by atoms with Crippen molar-refractivity contribution in [3.8, 4) is 46.7 Å². The number of hydrogen-bond donors (Lipinski definition) is 3. The number of aromatic hydroxyl groups is 1. The summed E-state index contributed by atoms with van der Waals surface area (Å²) in [6.07, 6.45) is 9.41. The highest BCUT2D eigenvalue weighted by molar-refractivity contribution is 6.03. The maximum atomic E-state index is 17.3. The minimum atomic E-state index is -1.03. The molecule has 7 aromatic rings. The van der Waals surface area contributed by atoms with Crippen LogP contribution >= 0.6 is 0 Å². The van der Waals surface area contributed by atoms with Crippen molar-refractivity contribution in [3.05, 3.63) is 121 Å². The van der Waals surface area contributed by atoms with Gasteiger partial charge in [0, 0.05) is 78.8 Å². The van der Waals surface area contributed by atoms with E-state index in [-0.39, 0.29) is 145 Å². The number of ether oxygens (including phenoxy) is 3. The zero-order valence-electron chi connectivity index (χ0n) is 48.2. The monoisotopic (exact) mass is 1200 g/mol. The molecule has 6 atom stereocenters. The molecule has 3 N–H and O–H groups in total. The fourth-order valence-electron chi connectivity index (χ4n) is 14.9. The van der Waals surface area contributed by atoms with Crippen LogP contribution in [0.1, 0.15) is 109 Å². The zero-order valence-corrected chi connectivity index (χ0v) is 48.2. The van der Waals surface area contributed by atoms with Crippen molar-refractivity contribution < 1.29 is 56.1 Å². The fraction of sp³-hybridized carbons (Fsp3) is 0.400. The second-order valence-electron chi connectivity index (χ2n) is 24.2. The summed E-state index contributed by atoms with van der Waals surface area (Å²) in [5, 5.41) is 18.0. The van der Waals surface area contributed by atoms with E-state index in [2.05, 4.69) is 38.0 Å². The molecule has 5 saturated heterocycles. The highest BCUT2D eigenvalue weighted by Gasteiger charge is 2.51. The number of phenols is 1. The summed E-state index contributed by atoms with van der Waals surface area (Å²) in [5.74, 6) is -1.35. The van der Waals surface area contributed by atoms with E-state index in [1.807, 2.05) is 17.9 Å². The number of aromatic nitrogens is 5. The molecule has 3 amide bonds. The van der Waals surface area contributed by atoms with Crippen molar-refractivity contribution in [1.29, 1.82) is 0 Å². The van der Waals surface area contributed by atoms with Crippen molar-refractivity contribution in [2.75, 3.05) is 50.8 Å². The number of nitrogens with zero attached hydrogens (tertiary/aromatic N) is 8. The lowest BCUT2D eigenvalue weighted by molar-refractivity contribution is -0.148. The standard InChI is InChI=1S/C65H60F4N10O9/c1-5-38-41-20-50-56-44(27-78(50)61(83)45(41)29-86-62(38)84)54-48(13-11-40-32(4)47(68)21-49(73-56)53(40)54)72-51(81)9-7-15-70-64(85)87-28-31(3)60(82)79-35-18-36(79)26-76(25-35)59-43-23-71-57(42-19-37(80)17-33-10-12-46(67)39(6-2)52(33)42)55(69)58(43)74-63(75-59)88-30-65-14-8-16-77(65)24-34(66)22-65/h2,10,12,17,19-21,23,34-36,38,48,80H,3,5,7-9,11,13-16,18,22,24-30H2,1,4H3,(H,70,85)(H,72,81)/t34?,35?,36?,38?,48?,65-/m0/s1. The molecule has 1 aliphatic carbocycles. The van der Waals surface area contributed by atoms with Crippen LogP contribution in [0.25, 0.3) is 55.2 Å². The number of pyridine rings is 3. The number of carbonyl (C=O) groups excluding carboxylic acids is 4. The van der Waals surface area contributed by atoms with E-state index in [0.717, 1.165) is 28.5 Å². The van der Waals surface area contributed by atoms with Crippen molar-refractivity contribution in [1.82, 2.24) is 44.9 Å². The number of halogens is 4. The molecule has 0 saturated carbocycles. The molecular weight excluding hydrogens is 1140 g/mol. The number of phenolic OH excluding ortho intramolecular Hbond substituents is 1. The quantitative estimate of drug-likeness (QED) is 0.0307. The number of alkyl halides is 1. The molecule has 4 aromatic heterocycles. The molecular formula is C65H60F4N10O9. The number of benzene rings is 3. The van der Waals surface area contributed by atoms with Crippen LogP contribution in [0.3, 0.4) is 0 Å². The second-order valence-corrected chi connectivity index (χ2v) is 24.2. The molecule has 0 radical (unpaired) electrons. The molecule has 5 fully saturated rings. The van der Waals surface area contributed by atoms with E-state index in [4.69, 9.17) is 30.6 Å². The smallest absolute Gasteiger partial charge is 0.407 e. The Morgan fingerprint density at radius 2 is 1.82 bits per heavy atom. The molecule has 3 aromatic carbocycles. The summed E-state index contributed by atoms with van der Waals surface area (Å²) in [5.41, 5.74) is 3.88. The first kappa shape index (κ1) is 56.6. The second kappa shape index (κ2) is 21.6. The molecule has 23 heteroatoms. The molecule has 452 valence electrons. The first-order chi connectivity index (χ1) is 42.4. The van der Waals surface area contributed by atoms with Crippen molar-refractivity contribution in [2.24, 2.45) is 0 Å². The average Bonchev–Trinajstić information content (AvgIpc) is 1.26. The third-order valence-electron chi connectivity index (χ3n) is 19.1. The van der Waals surface area contributed by atoms with Crippen LogP contribution in [-0.2, 0) is 43.4 Å².